The molecule has 3 N–H and O–H groups in total. The third-order valence-corrected chi connectivity index (χ3v) is 5.50. The lowest BCUT2D eigenvalue weighted by Gasteiger charge is -2.08. The van der Waals surface area contributed by atoms with Crippen molar-refractivity contribution < 1.29 is 17.9 Å². The lowest BCUT2D eigenvalue weighted by Crippen LogP contribution is -2.15. The Morgan fingerprint density at radius 1 is 0.966 bits per heavy atom. The van der Waals surface area contributed by atoms with Crippen LogP contribution in [0.25, 0.3) is 0 Å². The van der Waals surface area contributed by atoms with E-state index >= 15 is 0 Å². The van der Waals surface area contributed by atoms with Crippen LogP contribution in [-0.2, 0) is 26.0 Å². The Hall–Kier alpha value is -3.53. The molecule has 9 nitrogen and oxygen atoms in total. The van der Waals surface area contributed by atoms with Gasteiger partial charge in [-0.05, 0) is 24.3 Å². The minimum Gasteiger partial charge on any atom is -0.457 e. The molecule has 0 aliphatic heterocycles. The molecule has 3 aromatic rings. The average molecular weight is 413 g/mol. The van der Waals surface area contributed by atoms with E-state index in [-0.39, 0.29) is 41.4 Å². The fourth-order valence-electron chi connectivity index (χ4n) is 2.39. The fourth-order valence-corrected chi connectivity index (χ4v) is 3.63. The number of hydrogen-bond donors (Lipinski definition) is 2. The van der Waals surface area contributed by atoms with Gasteiger partial charge in [0.1, 0.15) is 0 Å². The fraction of sp³-hybridized carbons (Fsp3) is 0.158. The number of carbonyl (C=O) groups is 1. The predicted molar refractivity (Wildman–Crippen MR) is 107 cm³/mol. The summed E-state index contributed by atoms with van der Waals surface area (Å²) < 4.78 is 29.5. The molecule has 0 spiro atoms. The van der Waals surface area contributed by atoms with Crippen molar-refractivity contribution in [2.75, 3.05) is 16.8 Å². The van der Waals surface area contributed by atoms with E-state index in [1.54, 1.807) is 18.2 Å². The summed E-state index contributed by atoms with van der Waals surface area (Å²) in [7, 11) is -3.56. The van der Waals surface area contributed by atoms with Crippen molar-refractivity contribution in [2.45, 2.75) is 17.9 Å². The second-order valence-corrected chi connectivity index (χ2v) is 8.08. The average Bonchev–Trinajstić information content (AvgIpc) is 2.72. The van der Waals surface area contributed by atoms with Gasteiger partial charge in [-0.15, -0.1) is 0 Å². The van der Waals surface area contributed by atoms with Crippen molar-refractivity contribution in [3.63, 3.8) is 0 Å². The number of aromatic nitrogens is 3. The molecule has 0 fully saturated rings. The summed E-state index contributed by atoms with van der Waals surface area (Å²) in [5.41, 5.74) is 6.43. The summed E-state index contributed by atoms with van der Waals surface area (Å²) >= 11 is 0. The second kappa shape index (κ2) is 9.11. The molecule has 2 aromatic carbocycles. The molecule has 1 heterocycles. The number of anilines is 3. The van der Waals surface area contributed by atoms with E-state index in [1.165, 1.54) is 12.1 Å². The lowest BCUT2D eigenvalue weighted by atomic mass is 10.3. The zero-order valence-corrected chi connectivity index (χ0v) is 16.2. The van der Waals surface area contributed by atoms with E-state index in [1.807, 2.05) is 30.3 Å². The van der Waals surface area contributed by atoms with Gasteiger partial charge in [-0.3, -0.25) is 4.79 Å². The number of nitrogens with zero attached hydrogens (tertiary/aromatic N) is 3. The number of esters is 1. The first-order valence-corrected chi connectivity index (χ1v) is 10.3. The maximum atomic E-state index is 12.2. The number of sulfone groups is 1. The van der Waals surface area contributed by atoms with E-state index in [4.69, 9.17) is 10.5 Å². The molecule has 150 valence electrons. The van der Waals surface area contributed by atoms with Gasteiger partial charge in [0.15, 0.2) is 22.3 Å². The van der Waals surface area contributed by atoms with Crippen LogP contribution in [0, 0.1) is 0 Å². The normalized spacial score (nSPS) is 11.0. The number of nitrogens with one attached hydrogen (secondary N) is 1. The monoisotopic (exact) mass is 413 g/mol. The molecule has 0 atom stereocenters. The van der Waals surface area contributed by atoms with E-state index < -0.39 is 15.8 Å². The van der Waals surface area contributed by atoms with Gasteiger partial charge in [0.2, 0.25) is 11.9 Å². The van der Waals surface area contributed by atoms with Crippen LogP contribution >= 0.6 is 0 Å². The summed E-state index contributed by atoms with van der Waals surface area (Å²) in [5, 5.41) is 2.97. The van der Waals surface area contributed by atoms with Gasteiger partial charge >= 0.3 is 5.97 Å². The first kappa shape index (κ1) is 20.2. The number of nitrogen functional groups attached to an aromatic ring is 1. The van der Waals surface area contributed by atoms with Gasteiger partial charge in [0.05, 0.1) is 17.1 Å². The van der Waals surface area contributed by atoms with Crippen molar-refractivity contribution in [1.82, 2.24) is 15.0 Å². The minimum absolute atomic E-state index is 0.0314. The van der Waals surface area contributed by atoms with Crippen LogP contribution in [0.1, 0.15) is 12.2 Å². The SMILES string of the molecule is Nc1nc(COC(=O)CCS(=O)(=O)c2ccccc2)nc(Nc2ccccc2)n1. The van der Waals surface area contributed by atoms with Crippen molar-refractivity contribution in [1.29, 1.82) is 0 Å². The van der Waals surface area contributed by atoms with Gasteiger partial charge in [-0.1, -0.05) is 36.4 Å². The van der Waals surface area contributed by atoms with E-state index in [0.29, 0.717) is 0 Å². The molecular weight excluding hydrogens is 394 g/mol. The molecule has 3 rings (SSSR count). The van der Waals surface area contributed by atoms with Crippen molar-refractivity contribution in [3.05, 3.63) is 66.5 Å². The van der Waals surface area contributed by atoms with Gasteiger partial charge in [0, 0.05) is 5.69 Å². The number of nitrogens with two attached hydrogens (primary N) is 1. The van der Waals surface area contributed by atoms with Crippen LogP contribution in [0.3, 0.4) is 0 Å². The summed E-state index contributed by atoms with van der Waals surface area (Å²) in [6.07, 6.45) is -0.285. The molecule has 10 heteroatoms. The van der Waals surface area contributed by atoms with E-state index in [2.05, 4.69) is 20.3 Å². The first-order chi connectivity index (χ1) is 13.9. The highest BCUT2D eigenvalue weighted by atomic mass is 32.2. The Bertz CT molecular complexity index is 1080. The number of rotatable bonds is 8. The lowest BCUT2D eigenvalue weighted by molar-refractivity contribution is -0.144. The maximum Gasteiger partial charge on any atom is 0.307 e. The number of para-hydroxylation sites is 1. The van der Waals surface area contributed by atoms with Crippen LogP contribution in [0.2, 0.25) is 0 Å². The van der Waals surface area contributed by atoms with Crippen LogP contribution < -0.4 is 11.1 Å². The van der Waals surface area contributed by atoms with E-state index in [0.717, 1.165) is 5.69 Å². The molecule has 0 saturated heterocycles. The van der Waals surface area contributed by atoms with Gasteiger partial charge in [0.25, 0.3) is 0 Å². The van der Waals surface area contributed by atoms with E-state index in [9.17, 15) is 13.2 Å². The quantitative estimate of drug-likeness (QED) is 0.532. The molecule has 29 heavy (non-hydrogen) atoms. The van der Waals surface area contributed by atoms with Crippen molar-refractivity contribution >= 4 is 33.4 Å². The smallest absolute Gasteiger partial charge is 0.307 e. The summed E-state index contributed by atoms with van der Waals surface area (Å²) in [4.78, 5) is 24.2. The molecule has 0 unspecified atom stereocenters. The maximum absolute atomic E-state index is 12.2. The standard InChI is InChI=1S/C19H19N5O4S/c20-18-22-16(23-19(24-18)21-14-7-3-1-4-8-14)13-28-17(25)11-12-29(26,27)15-9-5-2-6-10-15/h1-10H,11-13H2,(H3,20,21,22,23,24). The zero-order chi connectivity index (χ0) is 20.7. The van der Waals surface area contributed by atoms with Gasteiger partial charge in [-0.2, -0.15) is 15.0 Å². The molecule has 0 bridgehead atoms. The largest absolute Gasteiger partial charge is 0.457 e. The Morgan fingerprint density at radius 2 is 1.62 bits per heavy atom. The predicted octanol–water partition coefficient (Wildman–Crippen LogP) is 2.10. The first-order valence-electron chi connectivity index (χ1n) is 8.68. The zero-order valence-electron chi connectivity index (χ0n) is 15.4. The Kier molecular flexibility index (Phi) is 6.35. The summed E-state index contributed by atoms with van der Waals surface area (Å²) in [6, 6.07) is 17.1. The van der Waals surface area contributed by atoms with Gasteiger partial charge < -0.3 is 15.8 Å². The van der Waals surface area contributed by atoms with Crippen LogP contribution in [0.15, 0.2) is 65.6 Å². The topological polar surface area (TPSA) is 137 Å². The number of ether oxygens (including phenoxy) is 1. The number of carbonyl (C=O) groups excluding carboxylic acids is 1. The van der Waals surface area contributed by atoms with Crippen LogP contribution in [-0.4, -0.2) is 35.1 Å². The molecule has 0 radical (unpaired) electrons. The third-order valence-electron chi connectivity index (χ3n) is 3.77. The third kappa shape index (κ3) is 5.98. The summed E-state index contributed by atoms with van der Waals surface area (Å²) in [5.74, 6) is -0.704. The van der Waals surface area contributed by atoms with Crippen molar-refractivity contribution in [3.8, 4) is 0 Å². The minimum atomic E-state index is -3.56. The van der Waals surface area contributed by atoms with Crippen LogP contribution in [0.5, 0.6) is 0 Å². The highest BCUT2D eigenvalue weighted by Gasteiger charge is 2.17. The Morgan fingerprint density at radius 3 is 2.31 bits per heavy atom. The molecule has 0 saturated carbocycles. The molecule has 1 aromatic heterocycles. The molecule has 0 aliphatic carbocycles. The summed E-state index contributed by atoms with van der Waals surface area (Å²) in [6.45, 7) is -0.250. The highest BCUT2D eigenvalue weighted by molar-refractivity contribution is 7.91. The molecular formula is C19H19N5O4S. The van der Waals surface area contributed by atoms with Gasteiger partial charge in [-0.25, -0.2) is 8.42 Å². The molecule has 0 aliphatic rings. The van der Waals surface area contributed by atoms with Crippen LogP contribution in [0.4, 0.5) is 17.6 Å². The molecule has 0 amide bonds. The number of benzene rings is 2. The van der Waals surface area contributed by atoms with Crippen molar-refractivity contribution in [2.24, 2.45) is 0 Å². The Labute approximate surface area is 167 Å². The Balaban J connectivity index is 1.56. The second-order valence-electron chi connectivity index (χ2n) is 5.97. The highest BCUT2D eigenvalue weighted by Crippen LogP contribution is 2.14. The number of hydrogen-bond acceptors (Lipinski definition) is 9.